The van der Waals surface area contributed by atoms with Crippen molar-refractivity contribution in [2.75, 3.05) is 20.3 Å². The molecular formula is C31H50O5. The quantitative estimate of drug-likeness (QED) is 0.346. The van der Waals surface area contributed by atoms with Gasteiger partial charge in [-0.1, -0.05) is 26.0 Å². The Morgan fingerprint density at radius 2 is 1.86 bits per heavy atom. The number of methoxy groups -OCH3 is 1. The van der Waals surface area contributed by atoms with Crippen LogP contribution in [0.4, 0.5) is 0 Å². The fraction of sp³-hybridized carbons (Fsp3) is 0.903. The minimum atomic E-state index is -1.16. The number of carbonyl (C=O) groups excluding carboxylic acids is 1. The summed E-state index contributed by atoms with van der Waals surface area (Å²) >= 11 is 0. The predicted molar refractivity (Wildman–Crippen MR) is 140 cm³/mol. The van der Waals surface area contributed by atoms with E-state index in [1.807, 2.05) is 0 Å². The third kappa shape index (κ3) is 3.54. The number of carbonyl (C=O) groups is 1. The Hall–Kier alpha value is -0.910. The summed E-state index contributed by atoms with van der Waals surface area (Å²) in [5.74, 6) is 2.37. The number of fused-ring (bicyclic) bond motifs is 2. The number of hydrogen-bond acceptors (Lipinski definition) is 5. The van der Waals surface area contributed by atoms with Crippen LogP contribution in [0.1, 0.15) is 98.3 Å². The molecule has 0 aromatic carbocycles. The van der Waals surface area contributed by atoms with Crippen molar-refractivity contribution >= 4 is 5.97 Å². The maximum Gasteiger partial charge on any atom is 0.305 e. The van der Waals surface area contributed by atoms with Crippen molar-refractivity contribution in [3.8, 4) is 0 Å². The van der Waals surface area contributed by atoms with E-state index in [4.69, 9.17) is 9.47 Å². The van der Waals surface area contributed by atoms with Crippen molar-refractivity contribution in [1.82, 2.24) is 0 Å². The average molecular weight is 503 g/mol. The SMILES string of the molecule is C=C(C)[C@@H]1CC[C@@H]2[C@]3(CC[C@]4(C)[C@@H]([C@@H]5CC[C@H]([C@](C)(O)CO)OC5)CC[C@@]24C)C[C@]13CCC(=O)OC. The van der Waals surface area contributed by atoms with Gasteiger partial charge in [-0.2, -0.15) is 0 Å². The Bertz CT molecular complexity index is 889. The molecule has 0 aromatic heterocycles. The van der Waals surface area contributed by atoms with Crippen LogP contribution in [0.5, 0.6) is 0 Å². The van der Waals surface area contributed by atoms with Crippen molar-refractivity contribution in [2.24, 2.45) is 45.3 Å². The van der Waals surface area contributed by atoms with Crippen molar-refractivity contribution in [3.05, 3.63) is 12.2 Å². The predicted octanol–water partition coefficient (Wildman–Crippen LogP) is 5.67. The molecule has 0 amide bonds. The molecule has 5 nitrogen and oxygen atoms in total. The molecule has 4 aliphatic carbocycles. The van der Waals surface area contributed by atoms with Crippen LogP contribution >= 0.6 is 0 Å². The molecule has 1 heterocycles. The van der Waals surface area contributed by atoms with Gasteiger partial charge >= 0.3 is 5.97 Å². The number of aliphatic hydroxyl groups is 2. The highest BCUT2D eigenvalue weighted by molar-refractivity contribution is 5.69. The minimum Gasteiger partial charge on any atom is -0.469 e. The molecule has 0 aromatic rings. The van der Waals surface area contributed by atoms with Gasteiger partial charge in [0.1, 0.15) is 5.60 Å². The van der Waals surface area contributed by atoms with Gasteiger partial charge < -0.3 is 19.7 Å². The summed E-state index contributed by atoms with van der Waals surface area (Å²) in [5, 5.41) is 20.1. The standard InChI is InChI=1S/C31H50O5/c1-20(2)22-8-9-24-28(4)13-11-23(21-7-10-25(36-17-21)29(5,34)19-32)27(28,3)15-16-31(24)18-30(22,31)14-12-26(33)35-6/h21-25,32,34H,1,7-19H2,2-6H3/t21-,22+,23-,24+,25-,27-,28+,29-,30-,31+/m1/s1. The van der Waals surface area contributed by atoms with E-state index in [0.717, 1.165) is 25.2 Å². The lowest BCUT2D eigenvalue weighted by molar-refractivity contribution is -0.168. The van der Waals surface area contributed by atoms with E-state index in [2.05, 4.69) is 27.4 Å². The highest BCUT2D eigenvalue weighted by Gasteiger charge is 2.80. The fourth-order valence-electron chi connectivity index (χ4n) is 10.9. The second kappa shape index (κ2) is 8.81. The first-order valence-corrected chi connectivity index (χ1v) is 14.6. The largest absolute Gasteiger partial charge is 0.469 e. The maximum atomic E-state index is 12.2. The lowest BCUT2D eigenvalue weighted by Crippen LogP contribution is -2.55. The van der Waals surface area contributed by atoms with E-state index in [0.29, 0.717) is 47.0 Å². The number of esters is 1. The first-order chi connectivity index (χ1) is 16.9. The Labute approximate surface area is 218 Å². The molecule has 5 heteroatoms. The van der Waals surface area contributed by atoms with Gasteiger partial charge in [0.05, 0.1) is 26.4 Å². The van der Waals surface area contributed by atoms with Crippen LogP contribution in [-0.2, 0) is 14.3 Å². The van der Waals surface area contributed by atoms with Gasteiger partial charge in [0, 0.05) is 6.42 Å². The molecular weight excluding hydrogens is 452 g/mol. The first kappa shape index (κ1) is 26.7. The zero-order valence-electron chi connectivity index (χ0n) is 23.4. The van der Waals surface area contributed by atoms with E-state index >= 15 is 0 Å². The highest BCUT2D eigenvalue weighted by atomic mass is 16.5. The fourth-order valence-corrected chi connectivity index (χ4v) is 10.9. The number of rotatable bonds is 7. The number of aliphatic hydroxyl groups excluding tert-OH is 1. The van der Waals surface area contributed by atoms with E-state index in [9.17, 15) is 15.0 Å². The minimum absolute atomic E-state index is 0.0717. The van der Waals surface area contributed by atoms with Gasteiger partial charge in [-0.3, -0.25) is 4.79 Å². The van der Waals surface area contributed by atoms with E-state index < -0.39 is 5.60 Å². The Balaban J connectivity index is 1.37. The van der Waals surface area contributed by atoms with Gasteiger partial charge in [0.25, 0.3) is 0 Å². The van der Waals surface area contributed by atoms with Crippen LogP contribution in [-0.4, -0.2) is 48.2 Å². The van der Waals surface area contributed by atoms with Gasteiger partial charge in [-0.15, -0.1) is 0 Å². The maximum absolute atomic E-state index is 12.2. The lowest BCUT2D eigenvalue weighted by atomic mass is 9.43. The second-order valence-corrected chi connectivity index (χ2v) is 14.2. The van der Waals surface area contributed by atoms with Gasteiger partial charge in [-0.25, -0.2) is 0 Å². The van der Waals surface area contributed by atoms with Gasteiger partial charge in [0.15, 0.2) is 0 Å². The molecule has 10 atom stereocenters. The average Bonchev–Trinajstić information content (AvgIpc) is 3.45. The summed E-state index contributed by atoms with van der Waals surface area (Å²) in [7, 11) is 1.51. The van der Waals surface area contributed by atoms with Crippen molar-refractivity contribution in [2.45, 2.75) is 110 Å². The van der Waals surface area contributed by atoms with Gasteiger partial charge in [-0.05, 0) is 123 Å². The third-order valence-electron chi connectivity index (χ3n) is 13.0. The molecule has 1 aliphatic heterocycles. The molecule has 1 saturated heterocycles. The molecule has 1 spiro atoms. The molecule has 4 saturated carbocycles. The van der Waals surface area contributed by atoms with Crippen LogP contribution in [0, 0.1) is 45.3 Å². The Kier molecular flexibility index (Phi) is 6.53. The molecule has 2 N–H and O–H groups in total. The van der Waals surface area contributed by atoms with Crippen molar-refractivity contribution < 1.29 is 24.5 Å². The molecule has 0 bridgehead atoms. The van der Waals surface area contributed by atoms with Crippen LogP contribution in [0.25, 0.3) is 0 Å². The molecule has 204 valence electrons. The van der Waals surface area contributed by atoms with E-state index in [-0.39, 0.29) is 24.1 Å². The summed E-state index contributed by atoms with van der Waals surface area (Å²) in [6.45, 7) is 14.0. The van der Waals surface area contributed by atoms with E-state index in [1.165, 1.54) is 57.6 Å². The lowest BCUT2D eigenvalue weighted by Gasteiger charge is -2.61. The summed E-state index contributed by atoms with van der Waals surface area (Å²) in [6, 6.07) is 0. The van der Waals surface area contributed by atoms with E-state index in [1.54, 1.807) is 6.92 Å². The zero-order chi connectivity index (χ0) is 26.1. The molecule has 0 unspecified atom stereocenters. The van der Waals surface area contributed by atoms with Crippen LogP contribution in [0.3, 0.4) is 0 Å². The monoisotopic (exact) mass is 502 g/mol. The third-order valence-corrected chi connectivity index (χ3v) is 13.0. The topological polar surface area (TPSA) is 76.0 Å². The summed E-state index contributed by atoms with van der Waals surface area (Å²) < 4.78 is 11.3. The van der Waals surface area contributed by atoms with Crippen molar-refractivity contribution in [1.29, 1.82) is 0 Å². The summed E-state index contributed by atoms with van der Waals surface area (Å²) in [5.41, 5.74) is 1.37. The Morgan fingerprint density at radius 1 is 1.11 bits per heavy atom. The Morgan fingerprint density at radius 3 is 2.47 bits per heavy atom. The first-order valence-electron chi connectivity index (χ1n) is 14.6. The zero-order valence-corrected chi connectivity index (χ0v) is 23.4. The smallest absolute Gasteiger partial charge is 0.305 e. The normalized spacial score (nSPS) is 49.2. The van der Waals surface area contributed by atoms with Crippen molar-refractivity contribution in [3.63, 3.8) is 0 Å². The number of hydrogen-bond donors (Lipinski definition) is 2. The summed E-state index contributed by atoms with van der Waals surface area (Å²) in [4.78, 5) is 12.2. The molecule has 5 rings (SSSR count). The van der Waals surface area contributed by atoms with Crippen LogP contribution < -0.4 is 0 Å². The van der Waals surface area contributed by atoms with Crippen LogP contribution in [0.15, 0.2) is 12.2 Å². The molecule has 5 fully saturated rings. The molecule has 5 aliphatic rings. The number of ether oxygens (including phenoxy) is 2. The second-order valence-electron chi connectivity index (χ2n) is 14.2. The molecule has 36 heavy (non-hydrogen) atoms. The molecule has 0 radical (unpaired) electrons. The van der Waals surface area contributed by atoms with Gasteiger partial charge in [0.2, 0.25) is 0 Å². The van der Waals surface area contributed by atoms with Crippen LogP contribution in [0.2, 0.25) is 0 Å². The summed E-state index contributed by atoms with van der Waals surface area (Å²) in [6.07, 6.45) is 12.0. The highest BCUT2D eigenvalue weighted by Crippen LogP contribution is 2.87. The number of allylic oxidation sites excluding steroid dienone is 1.